The fraction of sp³-hybridized carbons (Fsp3) is 0.158. The van der Waals surface area contributed by atoms with Crippen molar-refractivity contribution in [2.75, 3.05) is 5.32 Å². The lowest BCUT2D eigenvalue weighted by Gasteiger charge is -2.11. The van der Waals surface area contributed by atoms with Crippen molar-refractivity contribution in [3.63, 3.8) is 0 Å². The summed E-state index contributed by atoms with van der Waals surface area (Å²) < 4.78 is 5.19. The van der Waals surface area contributed by atoms with E-state index >= 15 is 0 Å². The maximum atomic E-state index is 12.1. The van der Waals surface area contributed by atoms with Gasteiger partial charge in [-0.2, -0.15) is 0 Å². The van der Waals surface area contributed by atoms with E-state index in [-0.39, 0.29) is 6.03 Å². The van der Waals surface area contributed by atoms with E-state index in [1.54, 1.807) is 18.5 Å². The fourth-order valence-electron chi connectivity index (χ4n) is 2.37. The molecule has 0 bridgehead atoms. The molecule has 0 spiro atoms. The van der Waals surface area contributed by atoms with Crippen molar-refractivity contribution in [3.05, 3.63) is 83.6 Å². The highest BCUT2D eigenvalue weighted by molar-refractivity contribution is 5.90. The summed E-state index contributed by atoms with van der Waals surface area (Å²) in [6.45, 7) is 2.32. The van der Waals surface area contributed by atoms with Crippen LogP contribution in [0.15, 0.2) is 65.4 Å². The normalized spacial score (nSPS) is 10.4. The number of urea groups is 1. The summed E-state index contributed by atoms with van der Waals surface area (Å²) in [5, 5.41) is 5.66. The highest BCUT2D eigenvalue weighted by Gasteiger charge is 2.07. The Morgan fingerprint density at radius 3 is 2.83 bits per heavy atom. The van der Waals surface area contributed by atoms with Gasteiger partial charge in [-0.25, -0.2) is 4.79 Å². The number of nitrogens with zero attached hydrogens (tertiary/aromatic N) is 1. The van der Waals surface area contributed by atoms with Crippen LogP contribution in [0, 0.1) is 6.92 Å². The first kappa shape index (κ1) is 15.8. The summed E-state index contributed by atoms with van der Waals surface area (Å²) in [7, 11) is 0. The van der Waals surface area contributed by atoms with E-state index in [4.69, 9.17) is 4.42 Å². The maximum absolute atomic E-state index is 12.1. The molecule has 0 saturated carbocycles. The van der Waals surface area contributed by atoms with Gasteiger partial charge < -0.3 is 15.1 Å². The Morgan fingerprint density at radius 2 is 2.08 bits per heavy atom. The predicted octanol–water partition coefficient (Wildman–Crippen LogP) is 3.90. The number of anilines is 1. The molecule has 2 amide bonds. The predicted molar refractivity (Wildman–Crippen MR) is 92.8 cm³/mol. The Hall–Kier alpha value is -3.08. The highest BCUT2D eigenvalue weighted by atomic mass is 16.3. The smallest absolute Gasteiger partial charge is 0.319 e. The van der Waals surface area contributed by atoms with Crippen LogP contribution in [0.3, 0.4) is 0 Å². The third-order valence-corrected chi connectivity index (χ3v) is 3.66. The highest BCUT2D eigenvalue weighted by Crippen LogP contribution is 2.18. The number of rotatable bonds is 5. The zero-order valence-electron chi connectivity index (χ0n) is 13.5. The van der Waals surface area contributed by atoms with Crippen molar-refractivity contribution >= 4 is 11.7 Å². The van der Waals surface area contributed by atoms with Gasteiger partial charge >= 0.3 is 6.03 Å². The lowest BCUT2D eigenvalue weighted by Crippen LogP contribution is -2.28. The van der Waals surface area contributed by atoms with Crippen LogP contribution in [0.4, 0.5) is 10.5 Å². The van der Waals surface area contributed by atoms with E-state index in [1.807, 2.05) is 43.3 Å². The standard InChI is InChI=1S/C19H19N3O2/c1-14-7-8-15(11-16-5-2-3-9-20-16)12-18(14)22-19(23)21-13-17-6-4-10-24-17/h2-10,12H,11,13H2,1H3,(H2,21,22,23). The molecule has 0 aliphatic rings. The second kappa shape index (κ2) is 7.46. The summed E-state index contributed by atoms with van der Waals surface area (Å²) in [6, 6.07) is 15.2. The summed E-state index contributed by atoms with van der Waals surface area (Å²) in [4.78, 5) is 16.4. The molecule has 24 heavy (non-hydrogen) atoms. The van der Waals surface area contributed by atoms with Crippen LogP contribution in [-0.2, 0) is 13.0 Å². The third-order valence-electron chi connectivity index (χ3n) is 3.66. The van der Waals surface area contributed by atoms with Crippen molar-refractivity contribution in [3.8, 4) is 0 Å². The molecule has 3 rings (SSSR count). The molecule has 2 aromatic heterocycles. The number of amides is 2. The van der Waals surface area contributed by atoms with Crippen LogP contribution >= 0.6 is 0 Å². The van der Waals surface area contributed by atoms with Gasteiger partial charge in [0.2, 0.25) is 0 Å². The number of carbonyl (C=O) groups is 1. The topological polar surface area (TPSA) is 67.2 Å². The van der Waals surface area contributed by atoms with Gasteiger partial charge in [0.05, 0.1) is 12.8 Å². The van der Waals surface area contributed by atoms with E-state index in [1.165, 1.54) is 0 Å². The summed E-state index contributed by atoms with van der Waals surface area (Å²) >= 11 is 0. The molecule has 0 saturated heterocycles. The third kappa shape index (κ3) is 4.23. The Balaban J connectivity index is 1.64. The van der Waals surface area contributed by atoms with Crippen molar-refractivity contribution in [1.29, 1.82) is 0 Å². The number of furan rings is 1. The van der Waals surface area contributed by atoms with Crippen molar-refractivity contribution in [2.24, 2.45) is 0 Å². The Kier molecular flexibility index (Phi) is 4.91. The number of hydrogen-bond donors (Lipinski definition) is 2. The number of carbonyl (C=O) groups excluding carboxylic acids is 1. The van der Waals surface area contributed by atoms with Crippen molar-refractivity contribution in [2.45, 2.75) is 19.9 Å². The van der Waals surface area contributed by atoms with Gasteiger partial charge in [0.15, 0.2) is 0 Å². The molecular weight excluding hydrogens is 302 g/mol. The molecule has 0 radical (unpaired) electrons. The average Bonchev–Trinajstić information content (AvgIpc) is 3.11. The van der Waals surface area contributed by atoms with E-state index in [0.717, 1.165) is 28.9 Å². The van der Waals surface area contributed by atoms with Gasteiger partial charge in [-0.1, -0.05) is 18.2 Å². The molecule has 2 N–H and O–H groups in total. The number of aromatic nitrogens is 1. The molecule has 0 aliphatic carbocycles. The number of hydrogen-bond acceptors (Lipinski definition) is 3. The minimum atomic E-state index is -0.260. The first-order chi connectivity index (χ1) is 11.7. The molecule has 0 atom stereocenters. The first-order valence-electron chi connectivity index (χ1n) is 7.77. The number of pyridine rings is 1. The molecule has 3 aromatic rings. The van der Waals surface area contributed by atoms with Gasteiger partial charge in [-0.05, 0) is 48.4 Å². The molecule has 1 aromatic carbocycles. The van der Waals surface area contributed by atoms with Crippen LogP contribution in [0.5, 0.6) is 0 Å². The van der Waals surface area contributed by atoms with Crippen molar-refractivity contribution < 1.29 is 9.21 Å². The van der Waals surface area contributed by atoms with Crippen molar-refractivity contribution in [1.82, 2.24) is 10.3 Å². The molecule has 122 valence electrons. The Labute approximate surface area is 140 Å². The zero-order chi connectivity index (χ0) is 16.8. The molecule has 5 nitrogen and oxygen atoms in total. The number of aryl methyl sites for hydroxylation is 1. The first-order valence-corrected chi connectivity index (χ1v) is 7.77. The summed E-state index contributed by atoms with van der Waals surface area (Å²) in [6.07, 6.45) is 4.09. The Morgan fingerprint density at radius 1 is 1.17 bits per heavy atom. The van der Waals surface area contributed by atoms with Crippen LogP contribution in [0.2, 0.25) is 0 Å². The van der Waals surface area contributed by atoms with E-state index < -0.39 is 0 Å². The quantitative estimate of drug-likeness (QED) is 0.749. The van der Waals surface area contributed by atoms with E-state index in [0.29, 0.717) is 12.3 Å². The lowest BCUT2D eigenvalue weighted by molar-refractivity contribution is 0.251. The number of benzene rings is 1. The van der Waals surface area contributed by atoms with E-state index in [2.05, 4.69) is 21.7 Å². The molecule has 5 heteroatoms. The summed E-state index contributed by atoms with van der Waals surface area (Å²) in [5.41, 5.74) is 3.89. The lowest BCUT2D eigenvalue weighted by atomic mass is 10.1. The van der Waals surface area contributed by atoms with Gasteiger partial charge in [0.25, 0.3) is 0 Å². The molecule has 2 heterocycles. The largest absolute Gasteiger partial charge is 0.467 e. The fourth-order valence-corrected chi connectivity index (χ4v) is 2.37. The second-order valence-electron chi connectivity index (χ2n) is 5.53. The zero-order valence-corrected chi connectivity index (χ0v) is 13.5. The van der Waals surface area contributed by atoms with Crippen LogP contribution < -0.4 is 10.6 Å². The second-order valence-corrected chi connectivity index (χ2v) is 5.53. The maximum Gasteiger partial charge on any atom is 0.319 e. The van der Waals surface area contributed by atoms with Crippen LogP contribution in [0.1, 0.15) is 22.6 Å². The SMILES string of the molecule is Cc1ccc(Cc2ccccn2)cc1NC(=O)NCc1ccco1. The number of nitrogens with one attached hydrogen (secondary N) is 2. The molecule has 0 unspecified atom stereocenters. The van der Waals surface area contributed by atoms with Gasteiger partial charge in [-0.3, -0.25) is 4.98 Å². The monoisotopic (exact) mass is 321 g/mol. The van der Waals surface area contributed by atoms with Gasteiger partial charge in [-0.15, -0.1) is 0 Å². The molecule has 0 aliphatic heterocycles. The molecule has 0 fully saturated rings. The summed E-state index contributed by atoms with van der Waals surface area (Å²) in [5.74, 6) is 0.714. The average molecular weight is 321 g/mol. The van der Waals surface area contributed by atoms with Crippen LogP contribution in [-0.4, -0.2) is 11.0 Å². The molecular formula is C19H19N3O2. The van der Waals surface area contributed by atoms with E-state index in [9.17, 15) is 4.79 Å². The minimum absolute atomic E-state index is 0.260. The minimum Gasteiger partial charge on any atom is -0.467 e. The van der Waals surface area contributed by atoms with Crippen LogP contribution in [0.25, 0.3) is 0 Å². The van der Waals surface area contributed by atoms with Gasteiger partial charge in [0, 0.05) is 24.0 Å². The van der Waals surface area contributed by atoms with Gasteiger partial charge in [0.1, 0.15) is 5.76 Å². The Bertz CT molecular complexity index is 799.